The predicted octanol–water partition coefficient (Wildman–Crippen LogP) is 3.34. The van der Waals surface area contributed by atoms with Gasteiger partial charge in [0.25, 0.3) is 0 Å². The summed E-state index contributed by atoms with van der Waals surface area (Å²) in [4.78, 5) is 17.7. The summed E-state index contributed by atoms with van der Waals surface area (Å²) in [5.41, 5.74) is 0.0132. The molecule has 0 N–H and O–H groups in total. The van der Waals surface area contributed by atoms with E-state index in [1.807, 2.05) is 0 Å². The highest BCUT2D eigenvalue weighted by Gasteiger charge is 2.64. The lowest BCUT2D eigenvalue weighted by Crippen LogP contribution is -2.49. The van der Waals surface area contributed by atoms with Crippen LogP contribution in [0, 0.1) is 16.7 Å². The number of hydrogen-bond donors (Lipinski definition) is 0. The Balaban J connectivity index is 1.61. The number of benzene rings is 1. The molecule has 0 aromatic heterocycles. The Hall–Kier alpha value is -1.48. The van der Waals surface area contributed by atoms with Gasteiger partial charge in [0.1, 0.15) is 0 Å². The number of ether oxygens (including phenoxy) is 1. The standard InChI is InChI=1S/C21H27ClN2O5S/c1-20(2)15-7-8-21(20,14-30(26,27)24-9-11-28-12-10-24)18(13-15)23-29-19(25)16-5-3-4-6-17(16)22/h3-6,15H,7-14H2,1-2H3. The van der Waals surface area contributed by atoms with Gasteiger partial charge in [0.2, 0.25) is 10.0 Å². The van der Waals surface area contributed by atoms with Gasteiger partial charge in [0.15, 0.2) is 0 Å². The molecule has 7 nitrogen and oxygen atoms in total. The maximum Gasteiger partial charge on any atom is 0.367 e. The average molecular weight is 455 g/mol. The smallest absolute Gasteiger partial charge is 0.367 e. The molecule has 0 radical (unpaired) electrons. The van der Waals surface area contributed by atoms with Gasteiger partial charge in [-0.1, -0.05) is 42.7 Å². The van der Waals surface area contributed by atoms with Crippen LogP contribution in [0.3, 0.4) is 0 Å². The minimum Gasteiger partial charge on any atom is -0.379 e. The van der Waals surface area contributed by atoms with Crippen LogP contribution in [0.2, 0.25) is 5.02 Å². The quantitative estimate of drug-likeness (QED) is 0.503. The number of oxime groups is 1. The molecule has 1 aliphatic heterocycles. The van der Waals surface area contributed by atoms with Gasteiger partial charge < -0.3 is 9.57 Å². The second-order valence-electron chi connectivity index (χ2n) is 8.91. The number of hydrogen-bond acceptors (Lipinski definition) is 6. The molecule has 2 bridgehead atoms. The SMILES string of the molecule is CC1(C)C2CCC1(CS(=O)(=O)N1CCOCC1)C(=NOC(=O)c1ccccc1Cl)C2. The fraction of sp³-hybridized carbons (Fsp3) is 0.619. The molecule has 1 aromatic carbocycles. The molecule has 4 rings (SSSR count). The molecular weight excluding hydrogens is 428 g/mol. The van der Waals surface area contributed by atoms with Crippen molar-refractivity contribution in [3.8, 4) is 0 Å². The van der Waals surface area contributed by atoms with E-state index in [2.05, 4.69) is 19.0 Å². The van der Waals surface area contributed by atoms with Crippen LogP contribution >= 0.6 is 11.6 Å². The Labute approximate surface area is 182 Å². The number of nitrogens with zero attached hydrogens (tertiary/aromatic N) is 2. The van der Waals surface area contributed by atoms with Gasteiger partial charge >= 0.3 is 5.97 Å². The number of halogens is 1. The lowest BCUT2D eigenvalue weighted by atomic mass is 9.70. The lowest BCUT2D eigenvalue weighted by Gasteiger charge is -2.39. The van der Waals surface area contributed by atoms with Gasteiger partial charge in [-0.15, -0.1) is 0 Å². The van der Waals surface area contributed by atoms with E-state index < -0.39 is 21.4 Å². The number of morpholine rings is 1. The van der Waals surface area contributed by atoms with Crippen molar-refractivity contribution in [2.24, 2.45) is 21.9 Å². The van der Waals surface area contributed by atoms with Crippen LogP contribution in [0.4, 0.5) is 0 Å². The van der Waals surface area contributed by atoms with Crippen molar-refractivity contribution in [2.45, 2.75) is 33.1 Å². The minimum atomic E-state index is -3.50. The third-order valence-electron chi connectivity index (χ3n) is 7.29. The molecule has 30 heavy (non-hydrogen) atoms. The summed E-state index contributed by atoms with van der Waals surface area (Å²) in [6.45, 7) is 5.78. The van der Waals surface area contributed by atoms with E-state index >= 15 is 0 Å². The van der Waals surface area contributed by atoms with E-state index in [0.717, 1.165) is 12.8 Å². The molecule has 1 saturated heterocycles. The van der Waals surface area contributed by atoms with Crippen LogP contribution in [0.1, 0.15) is 43.5 Å². The lowest BCUT2D eigenvalue weighted by molar-refractivity contribution is 0.0508. The monoisotopic (exact) mass is 454 g/mol. The molecule has 3 fully saturated rings. The zero-order chi connectivity index (χ0) is 21.6. The Bertz CT molecular complexity index is 971. The first-order valence-corrected chi connectivity index (χ1v) is 12.2. The largest absolute Gasteiger partial charge is 0.379 e. The van der Waals surface area contributed by atoms with E-state index in [0.29, 0.717) is 49.4 Å². The highest BCUT2D eigenvalue weighted by Crippen LogP contribution is 2.64. The first-order valence-electron chi connectivity index (χ1n) is 10.3. The molecule has 3 aliphatic rings. The summed E-state index contributed by atoms with van der Waals surface area (Å²) in [6, 6.07) is 6.62. The van der Waals surface area contributed by atoms with Crippen molar-refractivity contribution in [1.82, 2.24) is 4.31 Å². The van der Waals surface area contributed by atoms with Gasteiger partial charge in [-0.05, 0) is 42.7 Å². The third kappa shape index (κ3) is 3.57. The topological polar surface area (TPSA) is 85.3 Å². The van der Waals surface area contributed by atoms with Gasteiger partial charge in [-0.25, -0.2) is 13.2 Å². The molecule has 0 spiro atoms. The first-order chi connectivity index (χ1) is 14.2. The molecule has 2 unspecified atom stereocenters. The highest BCUT2D eigenvalue weighted by atomic mass is 35.5. The fourth-order valence-corrected chi connectivity index (χ4v) is 7.67. The van der Waals surface area contributed by atoms with Crippen molar-refractivity contribution in [1.29, 1.82) is 0 Å². The van der Waals surface area contributed by atoms with E-state index in [1.54, 1.807) is 24.3 Å². The van der Waals surface area contributed by atoms with Gasteiger partial charge in [-0.2, -0.15) is 4.31 Å². The molecule has 2 aliphatic carbocycles. The maximum atomic E-state index is 13.3. The van der Waals surface area contributed by atoms with Crippen LogP contribution in [0.15, 0.2) is 29.4 Å². The van der Waals surface area contributed by atoms with Crippen molar-refractivity contribution >= 4 is 33.3 Å². The maximum absolute atomic E-state index is 13.3. The van der Waals surface area contributed by atoms with Crippen molar-refractivity contribution in [2.75, 3.05) is 32.1 Å². The summed E-state index contributed by atoms with van der Waals surface area (Å²) in [5.74, 6) is -0.346. The number of fused-ring (bicyclic) bond motifs is 2. The zero-order valence-electron chi connectivity index (χ0n) is 17.3. The van der Waals surface area contributed by atoms with E-state index in [9.17, 15) is 13.2 Å². The van der Waals surface area contributed by atoms with Gasteiger partial charge in [0.05, 0.1) is 35.3 Å². The predicted molar refractivity (Wildman–Crippen MR) is 114 cm³/mol. The first kappa shape index (κ1) is 21.7. The van der Waals surface area contributed by atoms with Crippen LogP contribution < -0.4 is 0 Å². The van der Waals surface area contributed by atoms with Crippen LogP contribution in [0.5, 0.6) is 0 Å². The number of carbonyl (C=O) groups is 1. The second-order valence-corrected chi connectivity index (χ2v) is 11.3. The van der Waals surface area contributed by atoms with Crippen molar-refractivity contribution in [3.05, 3.63) is 34.9 Å². The molecule has 164 valence electrons. The van der Waals surface area contributed by atoms with E-state index in [-0.39, 0.29) is 16.7 Å². The fourth-order valence-electron chi connectivity index (χ4n) is 5.26. The van der Waals surface area contributed by atoms with Crippen LogP contribution in [-0.4, -0.2) is 56.5 Å². The molecule has 9 heteroatoms. The van der Waals surface area contributed by atoms with Crippen molar-refractivity contribution in [3.63, 3.8) is 0 Å². The molecule has 0 amide bonds. The Morgan fingerprint density at radius 2 is 2.00 bits per heavy atom. The van der Waals surface area contributed by atoms with Crippen LogP contribution in [-0.2, 0) is 19.6 Å². The zero-order valence-corrected chi connectivity index (χ0v) is 18.8. The normalized spacial score (nSPS) is 30.0. The third-order valence-corrected chi connectivity index (χ3v) is 9.63. The Kier molecular flexibility index (Phi) is 5.72. The number of rotatable bonds is 5. The average Bonchev–Trinajstić information content (AvgIpc) is 3.07. The number of sulfonamides is 1. The molecule has 2 saturated carbocycles. The summed E-state index contributed by atoms with van der Waals surface area (Å²) in [6.07, 6.45) is 2.31. The molecule has 1 heterocycles. The van der Waals surface area contributed by atoms with Crippen LogP contribution in [0.25, 0.3) is 0 Å². The highest BCUT2D eigenvalue weighted by molar-refractivity contribution is 7.89. The molecular formula is C21H27ClN2O5S. The van der Waals surface area contributed by atoms with Gasteiger partial charge in [-0.3, -0.25) is 0 Å². The van der Waals surface area contributed by atoms with Crippen molar-refractivity contribution < 1.29 is 22.8 Å². The molecule has 1 aromatic rings. The summed E-state index contributed by atoms with van der Waals surface area (Å²) in [7, 11) is -3.50. The van der Waals surface area contributed by atoms with E-state index in [1.165, 1.54) is 4.31 Å². The summed E-state index contributed by atoms with van der Waals surface area (Å²) in [5, 5.41) is 4.51. The Morgan fingerprint density at radius 1 is 1.30 bits per heavy atom. The Morgan fingerprint density at radius 3 is 2.67 bits per heavy atom. The summed E-state index contributed by atoms with van der Waals surface area (Å²) >= 11 is 6.08. The molecule has 2 atom stereocenters. The summed E-state index contributed by atoms with van der Waals surface area (Å²) < 4.78 is 33.3. The second kappa shape index (κ2) is 7.89. The van der Waals surface area contributed by atoms with Gasteiger partial charge in [0, 0.05) is 18.5 Å². The van der Waals surface area contributed by atoms with E-state index in [4.69, 9.17) is 21.2 Å². The minimum absolute atomic E-state index is 0.0218. The number of carbonyl (C=O) groups excluding carboxylic acids is 1.